The number of carbonyl (C=O) groups excluding carboxylic acids is 1. The normalized spacial score (nSPS) is 9.78. The van der Waals surface area contributed by atoms with E-state index in [9.17, 15) is 4.79 Å². The lowest BCUT2D eigenvalue weighted by Gasteiger charge is -2.22. The molecule has 0 bridgehead atoms. The minimum Gasteiger partial charge on any atom is -1.00 e. The van der Waals surface area contributed by atoms with E-state index in [-0.39, 0.29) is 18.3 Å². The van der Waals surface area contributed by atoms with Crippen LogP contribution in [0.15, 0.2) is 0 Å². The number of nitrogens with zero attached hydrogens (tertiary/aromatic N) is 1. The van der Waals surface area contributed by atoms with Gasteiger partial charge in [0.25, 0.3) is 5.91 Å². The number of hydrogen-bond acceptors (Lipinski definition) is 1. The first-order valence-corrected chi connectivity index (χ1v) is 2.52. The number of halogens is 1. The van der Waals surface area contributed by atoms with Gasteiger partial charge in [0, 0.05) is 6.92 Å². The molecule has 1 amide bonds. The van der Waals surface area contributed by atoms with Gasteiger partial charge in [0.2, 0.25) is 0 Å². The summed E-state index contributed by atoms with van der Waals surface area (Å²) in [4.78, 5) is 10.3. The highest BCUT2D eigenvalue weighted by atomic mass is 35.5. The zero-order valence-electron chi connectivity index (χ0n) is 6.23. The molecule has 0 saturated carbocycles. The van der Waals surface area contributed by atoms with Crippen molar-refractivity contribution in [2.45, 2.75) is 6.92 Å². The fraction of sp³-hybridized carbons (Fsp3) is 0.800. The Morgan fingerprint density at radius 1 is 1.33 bits per heavy atom. The minimum absolute atomic E-state index is 0. The second-order valence-electron chi connectivity index (χ2n) is 2.68. The molecule has 0 aromatic carbocycles. The standard InChI is InChI=1S/C5H12N2O.ClH/c1-5(8)6-7(2,3)4;/h1-4H3;1H. The molecule has 0 heterocycles. The highest BCUT2D eigenvalue weighted by Gasteiger charge is 2.06. The van der Waals surface area contributed by atoms with Crippen molar-refractivity contribution in [2.24, 2.45) is 0 Å². The minimum atomic E-state index is -0.00231. The number of amides is 1. The van der Waals surface area contributed by atoms with Crippen LogP contribution in [0.4, 0.5) is 0 Å². The fourth-order valence-corrected chi connectivity index (χ4v) is 0.472. The van der Waals surface area contributed by atoms with E-state index >= 15 is 0 Å². The summed E-state index contributed by atoms with van der Waals surface area (Å²) in [6.45, 7) is 1.50. The molecule has 4 heteroatoms. The Morgan fingerprint density at radius 3 is 1.67 bits per heavy atom. The van der Waals surface area contributed by atoms with Gasteiger partial charge in [-0.3, -0.25) is 4.79 Å². The van der Waals surface area contributed by atoms with E-state index < -0.39 is 0 Å². The molecule has 0 aromatic rings. The monoisotopic (exact) mass is 152 g/mol. The van der Waals surface area contributed by atoms with E-state index in [2.05, 4.69) is 5.43 Å². The topological polar surface area (TPSA) is 29.1 Å². The van der Waals surface area contributed by atoms with Crippen molar-refractivity contribution in [1.29, 1.82) is 0 Å². The van der Waals surface area contributed by atoms with Crippen LogP contribution in [0.2, 0.25) is 0 Å². The van der Waals surface area contributed by atoms with Gasteiger partial charge >= 0.3 is 0 Å². The molecule has 0 atom stereocenters. The van der Waals surface area contributed by atoms with Crippen molar-refractivity contribution in [2.75, 3.05) is 21.1 Å². The van der Waals surface area contributed by atoms with Crippen LogP contribution >= 0.6 is 0 Å². The number of carbonyl (C=O) groups is 1. The Balaban J connectivity index is 0. The van der Waals surface area contributed by atoms with Crippen molar-refractivity contribution in [3.05, 3.63) is 0 Å². The summed E-state index contributed by atoms with van der Waals surface area (Å²) < 4.78 is 0.481. The number of hydrogen-bond donors (Lipinski definition) is 1. The summed E-state index contributed by atoms with van der Waals surface area (Å²) in [6.07, 6.45) is 0. The summed E-state index contributed by atoms with van der Waals surface area (Å²) in [6, 6.07) is 0. The van der Waals surface area contributed by atoms with Crippen molar-refractivity contribution >= 4 is 5.91 Å². The van der Waals surface area contributed by atoms with E-state index in [0.717, 1.165) is 0 Å². The molecule has 56 valence electrons. The van der Waals surface area contributed by atoms with Gasteiger partial charge in [-0.1, -0.05) is 0 Å². The predicted molar refractivity (Wildman–Crippen MR) is 31.8 cm³/mol. The Hall–Kier alpha value is -0.280. The van der Waals surface area contributed by atoms with E-state index in [4.69, 9.17) is 0 Å². The van der Waals surface area contributed by atoms with Crippen LogP contribution in [0.5, 0.6) is 0 Å². The van der Waals surface area contributed by atoms with Gasteiger partial charge in [-0.2, -0.15) is 0 Å². The molecule has 0 saturated heterocycles. The van der Waals surface area contributed by atoms with Crippen LogP contribution in [0, 0.1) is 0 Å². The molecular weight excluding hydrogens is 140 g/mol. The lowest BCUT2D eigenvalue weighted by Crippen LogP contribution is -3.00. The van der Waals surface area contributed by atoms with E-state index in [1.165, 1.54) is 6.92 Å². The number of nitrogens with one attached hydrogen (secondary N) is 1. The van der Waals surface area contributed by atoms with Crippen molar-refractivity contribution in [1.82, 2.24) is 5.43 Å². The molecule has 0 spiro atoms. The van der Waals surface area contributed by atoms with Crippen LogP contribution in [0.1, 0.15) is 6.92 Å². The maximum Gasteiger partial charge on any atom is 0.261 e. The average molecular weight is 153 g/mol. The maximum absolute atomic E-state index is 10.3. The van der Waals surface area contributed by atoms with Crippen LogP contribution in [-0.2, 0) is 4.79 Å². The quantitative estimate of drug-likeness (QED) is 0.311. The second-order valence-corrected chi connectivity index (χ2v) is 2.68. The summed E-state index contributed by atoms with van der Waals surface area (Å²) in [5.74, 6) is -0.00231. The van der Waals surface area contributed by atoms with Crippen LogP contribution in [0.25, 0.3) is 0 Å². The second kappa shape index (κ2) is 3.69. The molecule has 0 unspecified atom stereocenters. The van der Waals surface area contributed by atoms with Crippen LogP contribution in [0.3, 0.4) is 0 Å². The third-order valence-corrected chi connectivity index (χ3v) is 0.493. The summed E-state index contributed by atoms with van der Waals surface area (Å²) in [7, 11) is 5.67. The summed E-state index contributed by atoms with van der Waals surface area (Å²) >= 11 is 0. The van der Waals surface area contributed by atoms with Gasteiger partial charge in [0.1, 0.15) is 0 Å². The highest BCUT2D eigenvalue weighted by molar-refractivity contribution is 5.71. The average Bonchev–Trinajstić information content (AvgIpc) is 1.21. The van der Waals surface area contributed by atoms with E-state index in [1.807, 2.05) is 21.1 Å². The smallest absolute Gasteiger partial charge is 0.261 e. The van der Waals surface area contributed by atoms with Crippen LogP contribution in [-0.4, -0.2) is 31.6 Å². The largest absolute Gasteiger partial charge is 1.00 e. The van der Waals surface area contributed by atoms with E-state index in [0.29, 0.717) is 4.59 Å². The highest BCUT2D eigenvalue weighted by Crippen LogP contribution is 1.78. The first kappa shape index (κ1) is 11.5. The zero-order valence-corrected chi connectivity index (χ0v) is 6.99. The molecule has 0 aromatic heterocycles. The molecule has 0 aliphatic carbocycles. The number of rotatable bonds is 1. The van der Waals surface area contributed by atoms with Gasteiger partial charge in [-0.25, -0.2) is 10.0 Å². The first-order valence-electron chi connectivity index (χ1n) is 2.52. The SMILES string of the molecule is CC(=O)N[N+](C)(C)C.[Cl-]. The molecule has 3 nitrogen and oxygen atoms in total. The molecule has 0 radical (unpaired) electrons. The van der Waals surface area contributed by atoms with Crippen molar-refractivity contribution < 1.29 is 21.8 Å². The molecule has 0 rings (SSSR count). The molecule has 0 aliphatic rings. The molecular formula is C5H13ClN2O. The Labute approximate surface area is 62.0 Å². The summed E-state index contributed by atoms with van der Waals surface area (Å²) in [5, 5.41) is 0. The van der Waals surface area contributed by atoms with Gasteiger partial charge < -0.3 is 12.4 Å². The zero-order chi connectivity index (χ0) is 6.78. The Kier molecular flexibility index (Phi) is 4.72. The molecule has 9 heavy (non-hydrogen) atoms. The fourth-order valence-electron chi connectivity index (χ4n) is 0.472. The molecule has 0 aliphatic heterocycles. The number of quaternary nitrogens is 1. The third-order valence-electron chi connectivity index (χ3n) is 0.493. The van der Waals surface area contributed by atoms with Gasteiger partial charge in [-0.05, 0) is 0 Å². The lowest BCUT2D eigenvalue weighted by molar-refractivity contribution is -0.906. The molecule has 0 fully saturated rings. The summed E-state index contributed by atoms with van der Waals surface area (Å²) in [5.41, 5.74) is 2.68. The molecule has 1 N–H and O–H groups in total. The Morgan fingerprint density at radius 2 is 1.67 bits per heavy atom. The Bertz CT molecular complexity index is 97.6. The van der Waals surface area contributed by atoms with Gasteiger partial charge in [0.15, 0.2) is 0 Å². The van der Waals surface area contributed by atoms with E-state index in [1.54, 1.807) is 0 Å². The predicted octanol–water partition coefficient (Wildman–Crippen LogP) is -3.25. The third kappa shape index (κ3) is 11.3. The first-order chi connectivity index (χ1) is 3.42. The van der Waals surface area contributed by atoms with Crippen molar-refractivity contribution in [3.8, 4) is 0 Å². The lowest BCUT2D eigenvalue weighted by atomic mass is 10.7. The van der Waals surface area contributed by atoms with Crippen LogP contribution < -0.4 is 17.8 Å². The van der Waals surface area contributed by atoms with Gasteiger partial charge in [-0.15, -0.1) is 0 Å². The van der Waals surface area contributed by atoms with Gasteiger partial charge in [0.05, 0.1) is 21.1 Å². The van der Waals surface area contributed by atoms with Crippen molar-refractivity contribution in [3.63, 3.8) is 0 Å². The maximum atomic E-state index is 10.3.